The Kier molecular flexibility index (Phi) is 2.65. The van der Waals surface area contributed by atoms with E-state index in [1.807, 2.05) is 0 Å². The molecule has 0 saturated heterocycles. The molecule has 2 N–H and O–H groups in total. The predicted octanol–water partition coefficient (Wildman–Crippen LogP) is 1.80. The summed E-state index contributed by atoms with van der Waals surface area (Å²) in [5, 5.41) is 7.77. The summed E-state index contributed by atoms with van der Waals surface area (Å²) in [6.45, 7) is 1.80. The number of nitrogens with zero attached hydrogens (tertiary/aromatic N) is 2. The van der Waals surface area contributed by atoms with Crippen LogP contribution < -0.4 is 5.73 Å². The van der Waals surface area contributed by atoms with E-state index in [2.05, 4.69) is 10.2 Å². The Morgan fingerprint density at radius 1 is 1.45 bits per heavy atom. The predicted molar refractivity (Wildman–Crippen MR) is 44.7 cm³/mol. The van der Waals surface area contributed by atoms with Gasteiger partial charge in [-0.15, -0.1) is 10.2 Å². The van der Waals surface area contributed by atoms with Crippen molar-refractivity contribution in [2.75, 3.05) is 0 Å². The third-order valence-electron chi connectivity index (χ3n) is 1.24. The van der Waals surface area contributed by atoms with Gasteiger partial charge in [0.25, 0.3) is 0 Å². The van der Waals surface area contributed by atoms with E-state index in [-0.39, 0.29) is 6.04 Å². The third-order valence-corrected chi connectivity index (χ3v) is 1.72. The quantitative estimate of drug-likeness (QED) is 0.737. The van der Waals surface area contributed by atoms with Crippen molar-refractivity contribution >= 4 is 23.2 Å². The average molecular weight is 192 g/mol. The first-order valence-corrected chi connectivity index (χ1v) is 3.81. The molecule has 1 aromatic heterocycles. The van der Waals surface area contributed by atoms with Gasteiger partial charge in [-0.05, 0) is 13.0 Å². The van der Waals surface area contributed by atoms with Crippen LogP contribution in [-0.2, 0) is 0 Å². The number of hydrogen-bond acceptors (Lipinski definition) is 3. The number of rotatable bonds is 1. The molecule has 1 aromatic rings. The fraction of sp³-hybridized carbons (Fsp3) is 0.333. The first-order valence-electron chi connectivity index (χ1n) is 3.05. The summed E-state index contributed by atoms with van der Waals surface area (Å²) >= 11 is 11.3. The molecule has 0 aliphatic heterocycles. The van der Waals surface area contributed by atoms with E-state index in [0.29, 0.717) is 15.9 Å². The molecule has 60 valence electrons. The molecule has 0 fully saturated rings. The molecule has 0 radical (unpaired) electrons. The van der Waals surface area contributed by atoms with E-state index in [1.165, 1.54) is 0 Å². The summed E-state index contributed by atoms with van der Waals surface area (Å²) in [6.07, 6.45) is 0. The molecule has 0 bridgehead atoms. The van der Waals surface area contributed by atoms with Gasteiger partial charge in [0.05, 0.1) is 0 Å². The van der Waals surface area contributed by atoms with Crippen LogP contribution in [0.25, 0.3) is 0 Å². The van der Waals surface area contributed by atoms with Gasteiger partial charge in [0, 0.05) is 11.6 Å². The van der Waals surface area contributed by atoms with E-state index >= 15 is 0 Å². The summed E-state index contributed by atoms with van der Waals surface area (Å²) in [5.41, 5.74) is 6.29. The monoisotopic (exact) mass is 191 g/mol. The van der Waals surface area contributed by atoms with Gasteiger partial charge < -0.3 is 5.73 Å². The van der Waals surface area contributed by atoms with Crippen LogP contribution in [0, 0.1) is 0 Å². The summed E-state index contributed by atoms with van der Waals surface area (Å²) in [6, 6.07) is 1.44. The van der Waals surface area contributed by atoms with Crippen molar-refractivity contribution in [3.63, 3.8) is 0 Å². The fourth-order valence-electron chi connectivity index (χ4n) is 0.685. The number of nitrogens with two attached hydrogens (primary N) is 1. The highest BCUT2D eigenvalue weighted by Gasteiger charge is 2.07. The molecule has 0 spiro atoms. The SMILES string of the molecule is C[C@H](N)c1cc(Cl)nnc1Cl. The number of hydrogen-bond donors (Lipinski definition) is 1. The molecule has 3 nitrogen and oxygen atoms in total. The number of halogens is 2. The second-order valence-electron chi connectivity index (χ2n) is 2.20. The second-order valence-corrected chi connectivity index (χ2v) is 2.95. The van der Waals surface area contributed by atoms with Crippen molar-refractivity contribution in [2.45, 2.75) is 13.0 Å². The lowest BCUT2D eigenvalue weighted by atomic mass is 10.2. The van der Waals surface area contributed by atoms with Gasteiger partial charge >= 0.3 is 0 Å². The van der Waals surface area contributed by atoms with Gasteiger partial charge in [0.1, 0.15) is 0 Å². The van der Waals surface area contributed by atoms with E-state index in [9.17, 15) is 0 Å². The van der Waals surface area contributed by atoms with Crippen molar-refractivity contribution in [2.24, 2.45) is 5.73 Å². The van der Waals surface area contributed by atoms with Crippen LogP contribution >= 0.6 is 23.2 Å². The van der Waals surface area contributed by atoms with Gasteiger partial charge in [0.2, 0.25) is 0 Å². The van der Waals surface area contributed by atoms with Crippen molar-refractivity contribution in [1.82, 2.24) is 10.2 Å². The maximum absolute atomic E-state index is 5.68. The van der Waals surface area contributed by atoms with Crippen LogP contribution in [0.4, 0.5) is 0 Å². The molecular formula is C6H7Cl2N3. The standard InChI is InChI=1S/C6H7Cl2N3/c1-3(9)4-2-5(7)10-11-6(4)8/h2-3H,9H2,1H3/t3-/m0/s1. The van der Waals surface area contributed by atoms with Crippen molar-refractivity contribution in [3.05, 3.63) is 21.9 Å². The smallest absolute Gasteiger partial charge is 0.156 e. The second kappa shape index (κ2) is 3.34. The molecule has 11 heavy (non-hydrogen) atoms. The molecule has 5 heteroatoms. The Labute approximate surface area is 74.5 Å². The zero-order valence-corrected chi connectivity index (χ0v) is 7.39. The first-order chi connectivity index (χ1) is 5.11. The Balaban J connectivity index is 3.13. The average Bonchev–Trinajstić information content (AvgIpc) is 1.94. The maximum Gasteiger partial charge on any atom is 0.156 e. The van der Waals surface area contributed by atoms with Gasteiger partial charge in [-0.25, -0.2) is 0 Å². The Morgan fingerprint density at radius 3 is 2.55 bits per heavy atom. The van der Waals surface area contributed by atoms with Crippen LogP contribution in [-0.4, -0.2) is 10.2 Å². The Morgan fingerprint density at radius 2 is 2.09 bits per heavy atom. The Hall–Kier alpha value is -0.380. The molecule has 1 rings (SSSR count). The zero-order valence-electron chi connectivity index (χ0n) is 5.88. The van der Waals surface area contributed by atoms with Crippen molar-refractivity contribution in [1.29, 1.82) is 0 Å². The molecule has 0 saturated carbocycles. The van der Waals surface area contributed by atoms with Crippen molar-refractivity contribution < 1.29 is 0 Å². The lowest BCUT2D eigenvalue weighted by Gasteiger charge is -2.05. The third kappa shape index (κ3) is 2.02. The van der Waals surface area contributed by atoms with Crippen LogP contribution in [0.5, 0.6) is 0 Å². The van der Waals surface area contributed by atoms with Gasteiger partial charge in [-0.1, -0.05) is 23.2 Å². The minimum absolute atomic E-state index is 0.171. The van der Waals surface area contributed by atoms with E-state index in [1.54, 1.807) is 13.0 Å². The summed E-state index contributed by atoms with van der Waals surface area (Å²) in [4.78, 5) is 0. The fourth-order valence-corrected chi connectivity index (χ4v) is 1.11. The molecule has 1 heterocycles. The van der Waals surface area contributed by atoms with Crippen LogP contribution in [0.3, 0.4) is 0 Å². The van der Waals surface area contributed by atoms with Crippen molar-refractivity contribution in [3.8, 4) is 0 Å². The lowest BCUT2D eigenvalue weighted by Crippen LogP contribution is -2.07. The molecule has 0 aliphatic carbocycles. The maximum atomic E-state index is 5.68. The minimum Gasteiger partial charge on any atom is -0.324 e. The highest BCUT2D eigenvalue weighted by Crippen LogP contribution is 2.20. The molecular weight excluding hydrogens is 185 g/mol. The summed E-state index contributed by atoms with van der Waals surface area (Å²) in [5.74, 6) is 0. The van der Waals surface area contributed by atoms with E-state index in [0.717, 1.165) is 0 Å². The zero-order chi connectivity index (χ0) is 8.43. The van der Waals surface area contributed by atoms with Crippen LogP contribution in [0.15, 0.2) is 6.07 Å². The molecule has 0 aliphatic rings. The van der Waals surface area contributed by atoms with Gasteiger partial charge in [-0.2, -0.15) is 0 Å². The molecule has 0 aromatic carbocycles. The topological polar surface area (TPSA) is 51.8 Å². The van der Waals surface area contributed by atoms with Crippen LogP contribution in [0.2, 0.25) is 10.3 Å². The van der Waals surface area contributed by atoms with E-state index in [4.69, 9.17) is 28.9 Å². The largest absolute Gasteiger partial charge is 0.324 e. The number of aromatic nitrogens is 2. The molecule has 0 amide bonds. The minimum atomic E-state index is -0.171. The summed E-state index contributed by atoms with van der Waals surface area (Å²) < 4.78 is 0. The molecule has 0 unspecified atom stereocenters. The highest BCUT2D eigenvalue weighted by atomic mass is 35.5. The van der Waals surface area contributed by atoms with E-state index < -0.39 is 0 Å². The highest BCUT2D eigenvalue weighted by molar-refractivity contribution is 6.31. The summed E-state index contributed by atoms with van der Waals surface area (Å²) in [7, 11) is 0. The van der Waals surface area contributed by atoms with Gasteiger partial charge in [0.15, 0.2) is 10.3 Å². The first kappa shape index (κ1) is 8.71. The molecule has 1 atom stereocenters. The normalized spacial score (nSPS) is 13.1. The Bertz CT molecular complexity index is 262. The lowest BCUT2D eigenvalue weighted by molar-refractivity contribution is 0.800. The van der Waals surface area contributed by atoms with Gasteiger partial charge in [-0.3, -0.25) is 0 Å². The van der Waals surface area contributed by atoms with Crippen LogP contribution in [0.1, 0.15) is 18.5 Å².